The summed E-state index contributed by atoms with van der Waals surface area (Å²) in [6.07, 6.45) is 0. The molecular weight excluding hydrogens is 288 g/mol. The maximum Gasteiger partial charge on any atom is 0.242 e. The highest BCUT2D eigenvalue weighted by molar-refractivity contribution is 8.00. The molecule has 1 heterocycles. The number of nitrogens with zero attached hydrogens (tertiary/aromatic N) is 1. The molecule has 1 fully saturated rings. The summed E-state index contributed by atoms with van der Waals surface area (Å²) in [7, 11) is 1.62. The van der Waals surface area contributed by atoms with E-state index < -0.39 is 6.04 Å². The summed E-state index contributed by atoms with van der Waals surface area (Å²) >= 11 is 1.54. The molecule has 1 saturated heterocycles. The van der Waals surface area contributed by atoms with Gasteiger partial charge in [-0.15, -0.1) is 11.8 Å². The Morgan fingerprint density at radius 2 is 2.14 bits per heavy atom. The number of carbonyl (C=O) groups excluding carboxylic acids is 2. The van der Waals surface area contributed by atoms with Crippen molar-refractivity contribution in [3.63, 3.8) is 0 Å². The van der Waals surface area contributed by atoms with Gasteiger partial charge in [-0.25, -0.2) is 0 Å². The van der Waals surface area contributed by atoms with E-state index in [1.54, 1.807) is 30.7 Å². The zero-order valence-electron chi connectivity index (χ0n) is 12.5. The number of ether oxygens (including phenoxy) is 1. The Hall–Kier alpha value is -1.69. The van der Waals surface area contributed by atoms with Gasteiger partial charge in [0.1, 0.15) is 17.2 Å². The van der Waals surface area contributed by atoms with Crippen LogP contribution in [0, 0.1) is 0 Å². The second-order valence-corrected chi connectivity index (χ2v) is 5.88. The minimum absolute atomic E-state index is 0.000397. The Kier molecular flexibility index (Phi) is 5.12. The van der Waals surface area contributed by atoms with E-state index in [1.807, 2.05) is 31.2 Å². The summed E-state index contributed by atoms with van der Waals surface area (Å²) in [5.41, 5.74) is 1.00. The van der Waals surface area contributed by atoms with Crippen molar-refractivity contribution in [3.8, 4) is 5.75 Å². The van der Waals surface area contributed by atoms with E-state index in [2.05, 4.69) is 5.32 Å². The predicted molar refractivity (Wildman–Crippen MR) is 83.2 cm³/mol. The Bertz CT molecular complexity index is 518. The van der Waals surface area contributed by atoms with Crippen molar-refractivity contribution >= 4 is 23.6 Å². The van der Waals surface area contributed by atoms with Crippen LogP contribution >= 0.6 is 11.8 Å². The van der Waals surface area contributed by atoms with Crippen molar-refractivity contribution < 1.29 is 14.3 Å². The van der Waals surface area contributed by atoms with Gasteiger partial charge in [0.05, 0.1) is 12.9 Å². The molecule has 0 bridgehead atoms. The molecule has 2 rings (SSSR count). The van der Waals surface area contributed by atoms with Crippen molar-refractivity contribution in [2.24, 2.45) is 0 Å². The number of hydrogen-bond donors (Lipinski definition) is 1. The van der Waals surface area contributed by atoms with Crippen molar-refractivity contribution in [2.75, 3.05) is 19.4 Å². The van der Waals surface area contributed by atoms with Gasteiger partial charge in [-0.05, 0) is 31.5 Å². The van der Waals surface area contributed by atoms with Crippen molar-refractivity contribution in [3.05, 3.63) is 29.8 Å². The quantitative estimate of drug-likeness (QED) is 0.901. The van der Waals surface area contributed by atoms with Crippen LogP contribution in [-0.2, 0) is 9.59 Å². The Morgan fingerprint density at radius 1 is 1.48 bits per heavy atom. The van der Waals surface area contributed by atoms with Gasteiger partial charge in [0.15, 0.2) is 0 Å². The lowest BCUT2D eigenvalue weighted by Gasteiger charge is -2.29. The smallest absolute Gasteiger partial charge is 0.242 e. The topological polar surface area (TPSA) is 58.6 Å². The zero-order valence-corrected chi connectivity index (χ0v) is 13.3. The number of benzene rings is 1. The van der Waals surface area contributed by atoms with Crippen LogP contribution in [0.2, 0.25) is 0 Å². The molecule has 1 aliphatic rings. The lowest BCUT2D eigenvalue weighted by atomic mass is 10.1. The van der Waals surface area contributed by atoms with E-state index in [0.717, 1.165) is 11.3 Å². The second-order valence-electron chi connectivity index (χ2n) is 4.81. The minimum atomic E-state index is -0.473. The summed E-state index contributed by atoms with van der Waals surface area (Å²) in [5, 5.41) is 2.65. The highest BCUT2D eigenvalue weighted by atomic mass is 32.2. The second kappa shape index (κ2) is 6.85. The highest BCUT2D eigenvalue weighted by Gasteiger charge is 2.38. The van der Waals surface area contributed by atoms with Gasteiger partial charge < -0.3 is 15.0 Å². The molecule has 0 aliphatic carbocycles. The van der Waals surface area contributed by atoms with Crippen LogP contribution in [0.25, 0.3) is 0 Å². The molecule has 0 aromatic heterocycles. The van der Waals surface area contributed by atoms with Gasteiger partial charge in [0, 0.05) is 6.54 Å². The fourth-order valence-electron chi connectivity index (χ4n) is 2.33. The number of hydrogen-bond acceptors (Lipinski definition) is 4. The lowest BCUT2D eigenvalue weighted by molar-refractivity contribution is -0.137. The number of amides is 2. The molecule has 0 spiro atoms. The number of carbonyl (C=O) groups is 2. The average Bonchev–Trinajstić information content (AvgIpc) is 2.88. The third-order valence-corrected chi connectivity index (χ3v) is 4.68. The normalized spacial score (nSPS) is 19.5. The van der Waals surface area contributed by atoms with Crippen LogP contribution in [0.5, 0.6) is 5.75 Å². The van der Waals surface area contributed by atoms with Gasteiger partial charge in [-0.1, -0.05) is 12.1 Å². The number of nitrogens with one attached hydrogen (secondary N) is 1. The number of methoxy groups -OCH3 is 1. The third-order valence-electron chi connectivity index (χ3n) is 3.45. The number of thioether (sulfide) groups is 1. The fraction of sp³-hybridized carbons (Fsp3) is 0.467. The number of rotatable bonds is 5. The van der Waals surface area contributed by atoms with E-state index in [1.165, 1.54) is 0 Å². The number of likely N-dealkylation sites (N-methyl/N-ethyl adjacent to an activating group) is 1. The van der Waals surface area contributed by atoms with Crippen molar-refractivity contribution in [1.29, 1.82) is 0 Å². The average molecular weight is 308 g/mol. The fourth-order valence-corrected chi connectivity index (χ4v) is 3.59. The summed E-state index contributed by atoms with van der Waals surface area (Å²) in [6, 6.07) is 7.14. The van der Waals surface area contributed by atoms with Gasteiger partial charge in [-0.2, -0.15) is 0 Å². The Morgan fingerprint density at radius 3 is 2.71 bits per heavy atom. The molecule has 0 saturated carbocycles. The summed E-state index contributed by atoms with van der Waals surface area (Å²) in [4.78, 5) is 25.8. The van der Waals surface area contributed by atoms with Crippen LogP contribution in [0.15, 0.2) is 24.3 Å². The Labute approximate surface area is 129 Å². The van der Waals surface area contributed by atoms with E-state index in [-0.39, 0.29) is 17.2 Å². The van der Waals surface area contributed by atoms with E-state index in [0.29, 0.717) is 12.3 Å². The van der Waals surface area contributed by atoms with Gasteiger partial charge >= 0.3 is 0 Å². The van der Waals surface area contributed by atoms with Crippen LogP contribution in [0.1, 0.15) is 24.8 Å². The molecule has 0 unspecified atom stereocenters. The minimum Gasteiger partial charge on any atom is -0.497 e. The molecule has 1 aromatic rings. The van der Waals surface area contributed by atoms with E-state index in [4.69, 9.17) is 4.74 Å². The first-order chi connectivity index (χ1) is 10.1. The largest absolute Gasteiger partial charge is 0.497 e. The molecule has 1 N–H and O–H groups in total. The molecule has 21 heavy (non-hydrogen) atoms. The molecule has 5 nitrogen and oxygen atoms in total. The van der Waals surface area contributed by atoms with E-state index in [9.17, 15) is 9.59 Å². The maximum absolute atomic E-state index is 12.1. The molecule has 6 heteroatoms. The van der Waals surface area contributed by atoms with E-state index >= 15 is 0 Å². The first-order valence-electron chi connectivity index (χ1n) is 6.93. The predicted octanol–water partition coefficient (Wildman–Crippen LogP) is 1.79. The first-order valence-corrected chi connectivity index (χ1v) is 7.97. The highest BCUT2D eigenvalue weighted by Crippen LogP contribution is 2.40. The first kappa shape index (κ1) is 15.7. The molecule has 2 amide bonds. The summed E-state index contributed by atoms with van der Waals surface area (Å²) in [6.45, 7) is 4.20. The molecule has 0 radical (unpaired) electrons. The SMILES string of the molecule is CCNC(=O)[C@@H](C)N1C(=O)CS[C@H]1c1ccc(OC)cc1. The summed E-state index contributed by atoms with van der Waals surface area (Å²) < 4.78 is 5.15. The van der Waals surface area contributed by atoms with Gasteiger partial charge in [-0.3, -0.25) is 9.59 Å². The molecule has 1 aromatic carbocycles. The summed E-state index contributed by atoms with van der Waals surface area (Å²) in [5.74, 6) is 1.06. The van der Waals surface area contributed by atoms with Crippen LogP contribution in [-0.4, -0.2) is 42.2 Å². The van der Waals surface area contributed by atoms with Crippen LogP contribution in [0.3, 0.4) is 0 Å². The third kappa shape index (κ3) is 3.32. The molecular formula is C15H20N2O3S. The van der Waals surface area contributed by atoms with Crippen LogP contribution < -0.4 is 10.1 Å². The molecule has 114 valence electrons. The Balaban J connectivity index is 2.21. The van der Waals surface area contributed by atoms with Crippen molar-refractivity contribution in [2.45, 2.75) is 25.3 Å². The van der Waals surface area contributed by atoms with Crippen molar-refractivity contribution in [1.82, 2.24) is 10.2 Å². The lowest BCUT2D eigenvalue weighted by Crippen LogP contribution is -2.46. The standard InChI is InChI=1S/C15H20N2O3S/c1-4-16-14(19)10(2)17-13(18)9-21-15(17)11-5-7-12(20-3)8-6-11/h5-8,10,15H,4,9H2,1-3H3,(H,16,19)/t10-,15+/m1/s1. The molecule has 2 atom stereocenters. The molecule has 1 aliphatic heterocycles. The monoisotopic (exact) mass is 308 g/mol. The van der Waals surface area contributed by atoms with Gasteiger partial charge in [0.25, 0.3) is 0 Å². The van der Waals surface area contributed by atoms with Crippen LogP contribution in [0.4, 0.5) is 0 Å². The van der Waals surface area contributed by atoms with Gasteiger partial charge in [0.2, 0.25) is 11.8 Å². The zero-order chi connectivity index (χ0) is 15.4. The maximum atomic E-state index is 12.1.